The Morgan fingerprint density at radius 2 is 1.79 bits per heavy atom. The molecule has 3 aromatic heterocycles. The molecule has 1 aliphatic carbocycles. The molecule has 3 heterocycles. The van der Waals surface area contributed by atoms with Crippen molar-refractivity contribution in [2.75, 3.05) is 5.32 Å². The third kappa shape index (κ3) is 3.09. The normalized spacial score (nSPS) is 15.3. The van der Waals surface area contributed by atoms with Crippen molar-refractivity contribution < 1.29 is 4.79 Å². The maximum absolute atomic E-state index is 13.1. The lowest BCUT2D eigenvalue weighted by Gasteiger charge is -2.28. The molecule has 29 heavy (non-hydrogen) atoms. The maximum atomic E-state index is 13.1. The average molecular weight is 382 g/mol. The number of carbonyl (C=O) groups excluding carboxylic acids is 1. The molecule has 0 radical (unpaired) electrons. The molecule has 5 rings (SSSR count). The molecule has 0 fully saturated rings. The molecule has 2 N–H and O–H groups in total. The Morgan fingerprint density at radius 3 is 2.62 bits per heavy atom. The van der Waals surface area contributed by atoms with Gasteiger partial charge in [0.2, 0.25) is 0 Å². The predicted molar refractivity (Wildman–Crippen MR) is 115 cm³/mol. The zero-order chi connectivity index (χ0) is 20.0. The highest BCUT2D eigenvalue weighted by molar-refractivity contribution is 6.08. The Kier molecular flexibility index (Phi) is 3.98. The Labute approximate surface area is 169 Å². The summed E-state index contributed by atoms with van der Waals surface area (Å²) in [5, 5.41) is 5.67. The van der Waals surface area contributed by atoms with Crippen LogP contribution in [0.2, 0.25) is 0 Å². The summed E-state index contributed by atoms with van der Waals surface area (Å²) in [7, 11) is 0. The van der Waals surface area contributed by atoms with Crippen molar-refractivity contribution in [3.8, 4) is 11.3 Å². The number of aromatic amines is 1. The highest BCUT2D eigenvalue weighted by atomic mass is 16.1. The van der Waals surface area contributed by atoms with E-state index in [-0.39, 0.29) is 11.2 Å². The van der Waals surface area contributed by atoms with Crippen LogP contribution in [0, 0.1) is 5.41 Å². The second-order valence-corrected chi connectivity index (χ2v) is 8.44. The van der Waals surface area contributed by atoms with E-state index in [9.17, 15) is 4.79 Å². The van der Waals surface area contributed by atoms with Crippen LogP contribution >= 0.6 is 0 Å². The molecule has 0 saturated carbocycles. The molecule has 0 spiro atoms. The van der Waals surface area contributed by atoms with Crippen LogP contribution in [-0.2, 0) is 6.42 Å². The van der Waals surface area contributed by atoms with Crippen LogP contribution in [0.3, 0.4) is 0 Å². The molecule has 1 aromatic carbocycles. The van der Waals surface area contributed by atoms with Gasteiger partial charge < -0.3 is 10.3 Å². The quantitative estimate of drug-likeness (QED) is 0.489. The smallest absolute Gasteiger partial charge is 0.167 e. The van der Waals surface area contributed by atoms with Gasteiger partial charge in [0, 0.05) is 47.0 Å². The monoisotopic (exact) mass is 382 g/mol. The summed E-state index contributed by atoms with van der Waals surface area (Å²) in [4.78, 5) is 25.2. The van der Waals surface area contributed by atoms with Crippen molar-refractivity contribution in [1.29, 1.82) is 0 Å². The number of ketones is 1. The van der Waals surface area contributed by atoms with Gasteiger partial charge in [0.15, 0.2) is 5.78 Å². The Balaban J connectivity index is 1.71. The van der Waals surface area contributed by atoms with Crippen molar-refractivity contribution in [1.82, 2.24) is 15.0 Å². The van der Waals surface area contributed by atoms with Crippen LogP contribution in [0.5, 0.6) is 0 Å². The van der Waals surface area contributed by atoms with Crippen molar-refractivity contribution >= 4 is 27.9 Å². The van der Waals surface area contributed by atoms with E-state index in [4.69, 9.17) is 0 Å². The number of aromatic nitrogens is 3. The van der Waals surface area contributed by atoms with Gasteiger partial charge in [-0.25, -0.2) is 0 Å². The van der Waals surface area contributed by atoms with E-state index >= 15 is 0 Å². The second-order valence-electron chi connectivity index (χ2n) is 8.44. The summed E-state index contributed by atoms with van der Waals surface area (Å²) < 4.78 is 0. The topological polar surface area (TPSA) is 70.7 Å². The maximum Gasteiger partial charge on any atom is 0.167 e. The number of carbonyl (C=O) groups is 1. The van der Waals surface area contributed by atoms with Crippen molar-refractivity contribution in [2.24, 2.45) is 5.41 Å². The highest BCUT2D eigenvalue weighted by Gasteiger charge is 2.35. The zero-order valence-electron chi connectivity index (χ0n) is 16.5. The first kappa shape index (κ1) is 17.6. The van der Waals surface area contributed by atoms with E-state index < -0.39 is 0 Å². The van der Waals surface area contributed by atoms with Crippen LogP contribution in [0.4, 0.5) is 11.4 Å². The number of benzene rings is 1. The van der Waals surface area contributed by atoms with E-state index in [0.717, 1.165) is 51.1 Å². The van der Waals surface area contributed by atoms with Gasteiger partial charge in [-0.05, 0) is 24.0 Å². The first-order valence-electron chi connectivity index (χ1n) is 9.80. The van der Waals surface area contributed by atoms with Gasteiger partial charge in [-0.3, -0.25) is 14.8 Å². The molecule has 0 bridgehead atoms. The summed E-state index contributed by atoms with van der Waals surface area (Å²) in [5.74, 6) is 0.170. The first-order valence-corrected chi connectivity index (χ1v) is 9.80. The van der Waals surface area contributed by atoms with E-state index in [1.54, 1.807) is 12.4 Å². The van der Waals surface area contributed by atoms with Crippen molar-refractivity contribution in [3.63, 3.8) is 0 Å². The van der Waals surface area contributed by atoms with Gasteiger partial charge in [-0.2, -0.15) is 0 Å². The lowest BCUT2D eigenvalue weighted by molar-refractivity contribution is 0.0912. The molecule has 0 amide bonds. The van der Waals surface area contributed by atoms with Crippen LogP contribution in [0.15, 0.2) is 61.2 Å². The van der Waals surface area contributed by atoms with E-state index in [1.807, 2.05) is 42.7 Å². The summed E-state index contributed by atoms with van der Waals surface area (Å²) in [5.41, 5.74) is 5.33. The summed E-state index contributed by atoms with van der Waals surface area (Å²) in [6.45, 7) is 4.28. The van der Waals surface area contributed by atoms with Gasteiger partial charge in [-0.15, -0.1) is 0 Å². The summed E-state index contributed by atoms with van der Waals surface area (Å²) >= 11 is 0. The number of H-pyrrole nitrogens is 1. The van der Waals surface area contributed by atoms with Gasteiger partial charge in [0.05, 0.1) is 28.8 Å². The predicted octanol–water partition coefficient (Wildman–Crippen LogP) is 5.52. The number of pyridine rings is 2. The van der Waals surface area contributed by atoms with Gasteiger partial charge in [0.25, 0.3) is 0 Å². The Morgan fingerprint density at radius 1 is 1.00 bits per heavy atom. The second kappa shape index (κ2) is 6.55. The standard InChI is InChI=1S/C24H22N4O/c1-24(2)11-18-21(20(29)12-24)23(22(27-18)15-7-9-25-10-8-15)28-19-14-26-13-16-5-3-4-6-17(16)19/h3-10,13-14,27-28H,11-12H2,1-2H3. The van der Waals surface area contributed by atoms with Gasteiger partial charge >= 0.3 is 0 Å². The molecule has 5 nitrogen and oxygen atoms in total. The molecule has 0 atom stereocenters. The molecule has 0 aliphatic heterocycles. The molecule has 144 valence electrons. The number of nitrogens with one attached hydrogen (secondary N) is 2. The number of Topliss-reactive ketones (excluding diaryl/α,β-unsaturated/α-hetero) is 1. The van der Waals surface area contributed by atoms with Crippen LogP contribution < -0.4 is 5.32 Å². The van der Waals surface area contributed by atoms with Crippen LogP contribution in [0.25, 0.3) is 22.0 Å². The molecule has 5 heteroatoms. The lowest BCUT2D eigenvalue weighted by Crippen LogP contribution is -2.26. The molecular formula is C24H22N4O. The number of fused-ring (bicyclic) bond motifs is 2. The van der Waals surface area contributed by atoms with Gasteiger partial charge in [-0.1, -0.05) is 38.1 Å². The zero-order valence-corrected chi connectivity index (χ0v) is 16.5. The SMILES string of the molecule is CC1(C)CC(=O)c2c([nH]c(-c3ccncc3)c2Nc2cncc3ccccc23)C1. The summed E-state index contributed by atoms with van der Waals surface area (Å²) in [6.07, 6.45) is 8.58. The van der Waals surface area contributed by atoms with E-state index in [0.29, 0.717) is 6.42 Å². The fourth-order valence-electron chi connectivity index (χ4n) is 4.27. The first-order chi connectivity index (χ1) is 14.0. The highest BCUT2D eigenvalue weighted by Crippen LogP contribution is 2.43. The minimum atomic E-state index is -0.0529. The number of nitrogens with zero attached hydrogens (tertiary/aromatic N) is 2. The minimum Gasteiger partial charge on any atom is -0.356 e. The summed E-state index contributed by atoms with van der Waals surface area (Å²) in [6, 6.07) is 12.0. The third-order valence-corrected chi connectivity index (χ3v) is 5.55. The molecule has 0 saturated heterocycles. The fraction of sp³-hybridized carbons (Fsp3) is 0.208. The van der Waals surface area contributed by atoms with Crippen molar-refractivity contribution in [2.45, 2.75) is 26.7 Å². The molecule has 4 aromatic rings. The van der Waals surface area contributed by atoms with Crippen LogP contribution in [0.1, 0.15) is 36.3 Å². The Hall–Kier alpha value is -3.47. The fourth-order valence-corrected chi connectivity index (χ4v) is 4.27. The molecular weight excluding hydrogens is 360 g/mol. The number of anilines is 2. The van der Waals surface area contributed by atoms with E-state index in [1.165, 1.54) is 0 Å². The average Bonchev–Trinajstić information content (AvgIpc) is 3.06. The lowest BCUT2D eigenvalue weighted by atomic mass is 9.76. The molecule has 1 aliphatic rings. The number of hydrogen-bond donors (Lipinski definition) is 2. The third-order valence-electron chi connectivity index (χ3n) is 5.55. The van der Waals surface area contributed by atoms with Gasteiger partial charge in [0.1, 0.15) is 0 Å². The minimum absolute atomic E-state index is 0.0529. The largest absolute Gasteiger partial charge is 0.356 e. The molecule has 0 unspecified atom stereocenters. The van der Waals surface area contributed by atoms with Crippen molar-refractivity contribution in [3.05, 3.63) is 72.4 Å². The Bertz CT molecular complexity index is 1220. The van der Waals surface area contributed by atoms with E-state index in [2.05, 4.69) is 40.2 Å². The number of hydrogen-bond acceptors (Lipinski definition) is 4. The number of rotatable bonds is 3. The van der Waals surface area contributed by atoms with Crippen LogP contribution in [-0.4, -0.2) is 20.7 Å².